The number of Topliss-reactive ketones (excluding diaryl/α,β-unsaturated/α-hetero) is 1. The largest absolute Gasteiger partial charge is 0.300 e. The van der Waals surface area contributed by atoms with Crippen LogP contribution in [0.2, 0.25) is 4.34 Å². The van der Waals surface area contributed by atoms with Gasteiger partial charge in [-0.1, -0.05) is 11.6 Å². The third kappa shape index (κ3) is 1.41. The highest BCUT2D eigenvalue weighted by Gasteiger charge is 2.25. The van der Waals surface area contributed by atoms with Gasteiger partial charge in [0.25, 0.3) is 0 Å². The zero-order valence-corrected chi connectivity index (χ0v) is 8.12. The summed E-state index contributed by atoms with van der Waals surface area (Å²) in [5, 5.41) is 1.99. The summed E-state index contributed by atoms with van der Waals surface area (Å²) < 4.78 is 0.856. The second-order valence-electron chi connectivity index (χ2n) is 3.13. The Labute approximate surface area is 80.4 Å². The molecule has 1 aliphatic rings. The Morgan fingerprint density at radius 1 is 1.58 bits per heavy atom. The van der Waals surface area contributed by atoms with Gasteiger partial charge in [0.2, 0.25) is 0 Å². The Kier molecular flexibility index (Phi) is 2.20. The molecule has 0 aliphatic heterocycles. The van der Waals surface area contributed by atoms with Crippen LogP contribution in [-0.4, -0.2) is 5.78 Å². The van der Waals surface area contributed by atoms with Gasteiger partial charge in [0.15, 0.2) is 0 Å². The molecule has 1 fully saturated rings. The van der Waals surface area contributed by atoms with Crippen molar-refractivity contribution in [2.45, 2.75) is 25.2 Å². The molecule has 0 N–H and O–H groups in total. The van der Waals surface area contributed by atoms with E-state index in [1.54, 1.807) is 11.3 Å². The Morgan fingerprint density at radius 2 is 2.42 bits per heavy atom. The van der Waals surface area contributed by atoms with E-state index in [1.807, 2.05) is 11.4 Å². The summed E-state index contributed by atoms with van der Waals surface area (Å²) in [6.07, 6.45) is 2.41. The fourth-order valence-corrected chi connectivity index (χ4v) is 2.75. The van der Waals surface area contributed by atoms with Crippen LogP contribution < -0.4 is 0 Å². The molecule has 1 atom stereocenters. The molecular weight excluding hydrogens is 192 g/mol. The second kappa shape index (κ2) is 3.19. The Hall–Kier alpha value is -0.340. The summed E-state index contributed by atoms with van der Waals surface area (Å²) in [6.45, 7) is 0. The van der Waals surface area contributed by atoms with Crippen molar-refractivity contribution in [1.29, 1.82) is 0 Å². The summed E-state index contributed by atoms with van der Waals surface area (Å²) in [7, 11) is 0. The number of carbonyl (C=O) groups excluding carboxylic acids is 1. The molecule has 1 aliphatic carbocycles. The van der Waals surface area contributed by atoms with Gasteiger partial charge in [-0.15, -0.1) is 11.3 Å². The molecule has 0 radical (unpaired) electrons. The molecule has 1 nitrogen and oxygen atoms in total. The number of carbonyl (C=O) groups is 1. The average Bonchev–Trinajstić information content (AvgIpc) is 2.58. The van der Waals surface area contributed by atoms with Crippen molar-refractivity contribution in [2.75, 3.05) is 0 Å². The maximum absolute atomic E-state index is 11.0. The highest BCUT2D eigenvalue weighted by molar-refractivity contribution is 7.14. The SMILES string of the molecule is O=C1CCC(c2ccsc2Cl)C1. The lowest BCUT2D eigenvalue weighted by Gasteiger charge is -2.04. The zero-order valence-electron chi connectivity index (χ0n) is 6.55. The van der Waals surface area contributed by atoms with Crippen molar-refractivity contribution in [1.82, 2.24) is 0 Å². The summed E-state index contributed by atoms with van der Waals surface area (Å²) >= 11 is 7.52. The molecule has 0 saturated heterocycles. The Balaban J connectivity index is 2.21. The van der Waals surface area contributed by atoms with Crippen molar-refractivity contribution in [3.8, 4) is 0 Å². The number of thiophene rings is 1. The van der Waals surface area contributed by atoms with Gasteiger partial charge in [0.1, 0.15) is 5.78 Å². The van der Waals surface area contributed by atoms with E-state index in [-0.39, 0.29) is 0 Å². The lowest BCUT2D eigenvalue weighted by Crippen LogP contribution is -1.92. The maximum Gasteiger partial charge on any atom is 0.133 e. The highest BCUT2D eigenvalue weighted by Crippen LogP contribution is 2.38. The lowest BCUT2D eigenvalue weighted by molar-refractivity contribution is -0.117. The van der Waals surface area contributed by atoms with E-state index in [4.69, 9.17) is 11.6 Å². The maximum atomic E-state index is 11.0. The lowest BCUT2D eigenvalue weighted by atomic mass is 10.0. The first-order valence-corrected chi connectivity index (χ1v) is 5.27. The van der Waals surface area contributed by atoms with Crippen molar-refractivity contribution < 1.29 is 4.79 Å². The van der Waals surface area contributed by atoms with E-state index >= 15 is 0 Å². The summed E-state index contributed by atoms with van der Waals surface area (Å²) in [5.41, 5.74) is 1.17. The van der Waals surface area contributed by atoms with Crippen molar-refractivity contribution in [3.63, 3.8) is 0 Å². The molecule has 0 spiro atoms. The number of hydrogen-bond donors (Lipinski definition) is 0. The number of hydrogen-bond acceptors (Lipinski definition) is 2. The van der Waals surface area contributed by atoms with E-state index in [2.05, 4.69) is 0 Å². The molecule has 1 aromatic rings. The fourth-order valence-electron chi connectivity index (χ4n) is 1.68. The minimum Gasteiger partial charge on any atom is -0.300 e. The van der Waals surface area contributed by atoms with E-state index in [9.17, 15) is 4.79 Å². The molecule has 1 saturated carbocycles. The fraction of sp³-hybridized carbons (Fsp3) is 0.444. The van der Waals surface area contributed by atoms with Crippen LogP contribution in [0.1, 0.15) is 30.7 Å². The minimum atomic E-state index is 0.377. The average molecular weight is 201 g/mol. The molecular formula is C9H9ClOS. The first-order chi connectivity index (χ1) is 5.77. The first kappa shape index (κ1) is 8.27. The number of ketones is 1. The summed E-state index contributed by atoms with van der Waals surface area (Å²) in [6, 6.07) is 2.04. The van der Waals surface area contributed by atoms with E-state index in [1.165, 1.54) is 5.56 Å². The van der Waals surface area contributed by atoms with Crippen LogP contribution in [0, 0.1) is 0 Å². The normalized spacial score (nSPS) is 23.4. The van der Waals surface area contributed by atoms with E-state index < -0.39 is 0 Å². The van der Waals surface area contributed by atoms with Crippen molar-refractivity contribution >= 4 is 28.7 Å². The molecule has 3 heteroatoms. The van der Waals surface area contributed by atoms with Crippen LogP contribution in [0.15, 0.2) is 11.4 Å². The van der Waals surface area contributed by atoms with Crippen molar-refractivity contribution in [3.05, 3.63) is 21.3 Å². The van der Waals surface area contributed by atoms with Gasteiger partial charge in [0, 0.05) is 12.8 Å². The van der Waals surface area contributed by atoms with Crippen LogP contribution in [-0.2, 0) is 4.79 Å². The topological polar surface area (TPSA) is 17.1 Å². The monoisotopic (exact) mass is 200 g/mol. The van der Waals surface area contributed by atoms with E-state index in [0.29, 0.717) is 18.1 Å². The smallest absolute Gasteiger partial charge is 0.133 e. The Morgan fingerprint density at radius 3 is 2.92 bits per heavy atom. The second-order valence-corrected chi connectivity index (χ2v) is 4.65. The summed E-state index contributed by atoms with van der Waals surface area (Å²) in [5.74, 6) is 0.776. The molecule has 2 rings (SSSR count). The van der Waals surface area contributed by atoms with Gasteiger partial charge in [-0.3, -0.25) is 4.79 Å². The predicted octanol–water partition coefficient (Wildman–Crippen LogP) is 3.24. The third-order valence-corrected chi connectivity index (χ3v) is 3.53. The molecule has 0 amide bonds. The van der Waals surface area contributed by atoms with Gasteiger partial charge >= 0.3 is 0 Å². The quantitative estimate of drug-likeness (QED) is 0.680. The standard InChI is InChI=1S/C9H9ClOS/c10-9-8(3-4-12-9)6-1-2-7(11)5-6/h3-4,6H,1-2,5H2. The predicted molar refractivity (Wildman–Crippen MR) is 50.9 cm³/mol. The van der Waals surface area contributed by atoms with Crippen LogP contribution >= 0.6 is 22.9 Å². The molecule has 1 unspecified atom stereocenters. The van der Waals surface area contributed by atoms with Crippen LogP contribution in [0.3, 0.4) is 0 Å². The van der Waals surface area contributed by atoms with Gasteiger partial charge in [0.05, 0.1) is 4.34 Å². The van der Waals surface area contributed by atoms with Crippen LogP contribution in [0.4, 0.5) is 0 Å². The molecule has 0 aromatic carbocycles. The van der Waals surface area contributed by atoms with Crippen LogP contribution in [0.25, 0.3) is 0 Å². The number of halogens is 1. The number of rotatable bonds is 1. The highest BCUT2D eigenvalue weighted by atomic mass is 35.5. The molecule has 64 valence electrons. The third-order valence-electron chi connectivity index (χ3n) is 2.33. The first-order valence-electron chi connectivity index (χ1n) is 4.02. The minimum absolute atomic E-state index is 0.377. The van der Waals surface area contributed by atoms with Gasteiger partial charge in [-0.2, -0.15) is 0 Å². The summed E-state index contributed by atoms with van der Waals surface area (Å²) in [4.78, 5) is 11.0. The Bertz CT molecular complexity index is 305. The molecule has 1 heterocycles. The zero-order chi connectivity index (χ0) is 8.55. The molecule has 1 aromatic heterocycles. The van der Waals surface area contributed by atoms with Gasteiger partial charge in [-0.05, 0) is 29.3 Å². The molecule has 12 heavy (non-hydrogen) atoms. The van der Waals surface area contributed by atoms with Gasteiger partial charge < -0.3 is 0 Å². The van der Waals surface area contributed by atoms with Crippen molar-refractivity contribution in [2.24, 2.45) is 0 Å². The van der Waals surface area contributed by atoms with E-state index in [0.717, 1.165) is 17.2 Å². The molecule has 0 bridgehead atoms. The van der Waals surface area contributed by atoms with Crippen LogP contribution in [0.5, 0.6) is 0 Å². The van der Waals surface area contributed by atoms with Gasteiger partial charge in [-0.25, -0.2) is 0 Å².